The third-order valence-corrected chi connectivity index (χ3v) is 3.98. The maximum Gasteiger partial charge on any atom is 0.335 e. The first kappa shape index (κ1) is 14.8. The molecule has 0 saturated carbocycles. The maximum absolute atomic E-state index is 13.6. The molecule has 0 spiro atoms. The van der Waals surface area contributed by atoms with Crippen LogP contribution in [0.5, 0.6) is 5.75 Å². The molecule has 8 heteroatoms. The smallest absolute Gasteiger partial charge is 0.335 e. The number of hydrogen-bond acceptors (Lipinski definition) is 4. The number of carbonyl (C=O) groups is 1. The fourth-order valence-electron chi connectivity index (χ4n) is 1.58. The number of phenolic OH excluding ortho intramolecular Hbond substituents is 1. The number of benzene rings is 2. The predicted octanol–water partition coefficient (Wildman–Crippen LogP) is 2.03. The second-order valence-electron chi connectivity index (χ2n) is 4.10. The molecular weight excluding hydrogens is 301 g/mol. The lowest BCUT2D eigenvalue weighted by Gasteiger charge is -2.09. The van der Waals surface area contributed by atoms with E-state index in [1.54, 1.807) is 0 Å². The van der Waals surface area contributed by atoms with Crippen LogP contribution >= 0.6 is 0 Å². The molecule has 0 fully saturated rings. The number of anilines is 1. The van der Waals surface area contributed by atoms with Crippen LogP contribution in [0.3, 0.4) is 0 Å². The van der Waals surface area contributed by atoms with Gasteiger partial charge in [-0.15, -0.1) is 0 Å². The zero-order chi connectivity index (χ0) is 15.6. The molecule has 0 aliphatic rings. The van der Waals surface area contributed by atoms with Crippen LogP contribution in [0.2, 0.25) is 0 Å². The standard InChI is InChI=1S/C13H10FNO5S/c14-11-6-1-8(13(17)18)7-12(11)21(19,20)15-9-2-4-10(16)5-3-9/h1-7,15-16H,(H,17,18). The molecule has 0 amide bonds. The van der Waals surface area contributed by atoms with E-state index in [4.69, 9.17) is 10.2 Å². The molecule has 2 rings (SSSR count). The minimum atomic E-state index is -4.28. The van der Waals surface area contributed by atoms with E-state index < -0.39 is 26.7 Å². The zero-order valence-electron chi connectivity index (χ0n) is 10.4. The number of carboxylic acids is 1. The number of carboxylic acid groups (broad SMARTS) is 1. The van der Waals surface area contributed by atoms with E-state index in [1.807, 2.05) is 0 Å². The van der Waals surface area contributed by atoms with E-state index in [1.165, 1.54) is 24.3 Å². The molecule has 0 aliphatic carbocycles. The van der Waals surface area contributed by atoms with Crippen LogP contribution in [-0.4, -0.2) is 24.6 Å². The second-order valence-corrected chi connectivity index (χ2v) is 5.75. The van der Waals surface area contributed by atoms with Crippen molar-refractivity contribution in [3.63, 3.8) is 0 Å². The van der Waals surface area contributed by atoms with Gasteiger partial charge in [-0.2, -0.15) is 0 Å². The van der Waals surface area contributed by atoms with Crippen LogP contribution in [0.25, 0.3) is 0 Å². The summed E-state index contributed by atoms with van der Waals surface area (Å²) in [5.74, 6) is -2.49. The Morgan fingerprint density at radius 3 is 2.29 bits per heavy atom. The van der Waals surface area contributed by atoms with E-state index in [0.29, 0.717) is 0 Å². The highest BCUT2D eigenvalue weighted by Crippen LogP contribution is 2.21. The quantitative estimate of drug-likeness (QED) is 0.750. The highest BCUT2D eigenvalue weighted by molar-refractivity contribution is 7.92. The minimum Gasteiger partial charge on any atom is -0.508 e. The lowest BCUT2D eigenvalue weighted by molar-refractivity contribution is 0.0696. The SMILES string of the molecule is O=C(O)c1ccc(F)c(S(=O)(=O)Nc2ccc(O)cc2)c1. The lowest BCUT2D eigenvalue weighted by Crippen LogP contribution is -2.15. The first-order chi connectivity index (χ1) is 9.79. The van der Waals surface area contributed by atoms with Crippen LogP contribution in [0.4, 0.5) is 10.1 Å². The molecule has 3 N–H and O–H groups in total. The third kappa shape index (κ3) is 3.29. The number of halogens is 1. The van der Waals surface area contributed by atoms with Crippen molar-refractivity contribution in [1.29, 1.82) is 0 Å². The number of sulfonamides is 1. The Morgan fingerprint density at radius 1 is 1.10 bits per heavy atom. The summed E-state index contributed by atoms with van der Waals surface area (Å²) in [5, 5.41) is 17.9. The number of rotatable bonds is 4. The van der Waals surface area contributed by atoms with Crippen molar-refractivity contribution in [2.24, 2.45) is 0 Å². The Kier molecular flexibility index (Phi) is 3.81. The van der Waals surface area contributed by atoms with Crippen molar-refractivity contribution < 1.29 is 27.8 Å². The fraction of sp³-hybridized carbons (Fsp3) is 0. The molecule has 0 heterocycles. The molecule has 21 heavy (non-hydrogen) atoms. The van der Waals surface area contributed by atoms with Crippen molar-refractivity contribution >= 4 is 21.7 Å². The Labute approximate surface area is 119 Å². The Hall–Kier alpha value is -2.61. The molecule has 0 radical (unpaired) electrons. The van der Waals surface area contributed by atoms with Gasteiger partial charge in [0, 0.05) is 5.69 Å². The number of phenols is 1. The monoisotopic (exact) mass is 311 g/mol. The minimum absolute atomic E-state index is 0.0583. The summed E-state index contributed by atoms with van der Waals surface area (Å²) in [7, 11) is -4.28. The summed E-state index contributed by atoms with van der Waals surface area (Å²) < 4.78 is 39.9. The molecule has 0 aromatic heterocycles. The maximum atomic E-state index is 13.6. The van der Waals surface area contributed by atoms with Crippen LogP contribution < -0.4 is 4.72 Å². The van der Waals surface area contributed by atoms with Crippen molar-refractivity contribution in [3.05, 3.63) is 53.8 Å². The molecule has 0 aliphatic heterocycles. The third-order valence-electron chi connectivity index (χ3n) is 2.59. The van der Waals surface area contributed by atoms with Crippen molar-refractivity contribution in [2.75, 3.05) is 4.72 Å². The highest BCUT2D eigenvalue weighted by atomic mass is 32.2. The van der Waals surface area contributed by atoms with Crippen LogP contribution in [-0.2, 0) is 10.0 Å². The largest absolute Gasteiger partial charge is 0.508 e. The molecule has 0 bridgehead atoms. The lowest BCUT2D eigenvalue weighted by atomic mass is 10.2. The van der Waals surface area contributed by atoms with E-state index >= 15 is 0 Å². The van der Waals surface area contributed by atoms with Gasteiger partial charge in [-0.05, 0) is 42.5 Å². The van der Waals surface area contributed by atoms with Gasteiger partial charge in [-0.25, -0.2) is 17.6 Å². The number of aromatic carboxylic acids is 1. The number of hydrogen-bond donors (Lipinski definition) is 3. The summed E-state index contributed by atoms with van der Waals surface area (Å²) in [4.78, 5) is 10.1. The molecule has 0 atom stereocenters. The zero-order valence-corrected chi connectivity index (χ0v) is 11.3. The van der Waals surface area contributed by atoms with Crippen LogP contribution in [0, 0.1) is 5.82 Å². The molecule has 6 nitrogen and oxygen atoms in total. The average Bonchev–Trinajstić information content (AvgIpc) is 2.41. The summed E-state index contributed by atoms with van der Waals surface area (Å²) >= 11 is 0. The normalized spacial score (nSPS) is 11.1. The van der Waals surface area contributed by atoms with Gasteiger partial charge in [-0.1, -0.05) is 0 Å². The first-order valence-electron chi connectivity index (χ1n) is 5.64. The summed E-state index contributed by atoms with van der Waals surface area (Å²) in [6, 6.07) is 7.55. The second kappa shape index (κ2) is 5.41. The Bertz CT molecular complexity index is 787. The van der Waals surface area contributed by atoms with Crippen molar-refractivity contribution in [1.82, 2.24) is 0 Å². The summed E-state index contributed by atoms with van der Waals surface area (Å²) in [6.45, 7) is 0. The van der Waals surface area contributed by atoms with E-state index in [0.717, 1.165) is 18.2 Å². The molecule has 110 valence electrons. The van der Waals surface area contributed by atoms with Crippen LogP contribution in [0.15, 0.2) is 47.4 Å². The van der Waals surface area contributed by atoms with Gasteiger partial charge in [0.25, 0.3) is 10.0 Å². The predicted molar refractivity (Wildman–Crippen MR) is 72.3 cm³/mol. The summed E-state index contributed by atoms with van der Waals surface area (Å²) in [6.07, 6.45) is 0. The van der Waals surface area contributed by atoms with Gasteiger partial charge in [0.05, 0.1) is 5.56 Å². The first-order valence-corrected chi connectivity index (χ1v) is 7.12. The Balaban J connectivity index is 2.41. The molecular formula is C13H10FNO5S. The van der Waals surface area contributed by atoms with Crippen molar-refractivity contribution in [3.8, 4) is 5.75 Å². The van der Waals surface area contributed by atoms with Gasteiger partial charge in [-0.3, -0.25) is 4.72 Å². The van der Waals surface area contributed by atoms with Gasteiger partial charge in [0.2, 0.25) is 0 Å². The van der Waals surface area contributed by atoms with Gasteiger partial charge < -0.3 is 10.2 Å². The molecule has 2 aromatic carbocycles. The van der Waals surface area contributed by atoms with E-state index in [-0.39, 0.29) is 17.0 Å². The van der Waals surface area contributed by atoms with E-state index in [2.05, 4.69) is 4.72 Å². The van der Waals surface area contributed by atoms with Crippen molar-refractivity contribution in [2.45, 2.75) is 4.90 Å². The molecule has 0 unspecified atom stereocenters. The van der Waals surface area contributed by atoms with Gasteiger partial charge in [0.1, 0.15) is 16.5 Å². The number of aromatic hydroxyl groups is 1. The van der Waals surface area contributed by atoms with Gasteiger partial charge in [0.15, 0.2) is 0 Å². The summed E-state index contributed by atoms with van der Waals surface area (Å²) in [5.41, 5.74) is -0.240. The molecule has 2 aromatic rings. The van der Waals surface area contributed by atoms with E-state index in [9.17, 15) is 17.6 Å². The molecule has 0 saturated heterocycles. The Morgan fingerprint density at radius 2 is 1.71 bits per heavy atom. The van der Waals surface area contributed by atoms with Crippen LogP contribution in [0.1, 0.15) is 10.4 Å². The highest BCUT2D eigenvalue weighted by Gasteiger charge is 2.21. The van der Waals surface area contributed by atoms with Gasteiger partial charge >= 0.3 is 5.97 Å². The average molecular weight is 311 g/mol. The topological polar surface area (TPSA) is 104 Å². The number of nitrogens with one attached hydrogen (secondary N) is 1. The fourth-order valence-corrected chi connectivity index (χ4v) is 2.75.